The quantitative estimate of drug-likeness (QED) is 0.521. The molecule has 0 aromatic heterocycles. The van der Waals surface area contributed by atoms with Gasteiger partial charge in [-0.15, -0.1) is 11.8 Å². The molecule has 1 aromatic rings. The summed E-state index contributed by atoms with van der Waals surface area (Å²) in [5.41, 5.74) is 0.868. The van der Waals surface area contributed by atoms with Crippen LogP contribution in [0.2, 0.25) is 0 Å². The van der Waals surface area contributed by atoms with Gasteiger partial charge in [-0.3, -0.25) is 4.79 Å². The van der Waals surface area contributed by atoms with Crippen molar-refractivity contribution in [3.05, 3.63) is 29.8 Å². The highest BCUT2D eigenvalue weighted by atomic mass is 32.2. The lowest BCUT2D eigenvalue weighted by Crippen LogP contribution is -2.21. The summed E-state index contributed by atoms with van der Waals surface area (Å²) in [6, 6.07) is 8.20. The van der Waals surface area contributed by atoms with Crippen molar-refractivity contribution in [3.63, 3.8) is 0 Å². The minimum Gasteiger partial charge on any atom is -0.303 e. The van der Waals surface area contributed by atoms with E-state index in [9.17, 15) is 4.79 Å². The zero-order valence-corrected chi connectivity index (χ0v) is 14.1. The number of hydrogen-bond acceptors (Lipinski definition) is 3. The Bertz CT molecular complexity index is 433. The molecule has 0 unspecified atom stereocenters. The van der Waals surface area contributed by atoms with E-state index < -0.39 is 0 Å². The van der Waals surface area contributed by atoms with E-state index in [1.54, 1.807) is 0 Å². The Morgan fingerprint density at radius 1 is 1.14 bits per heavy atom. The number of carbonyl (C=O) groups excluding carboxylic acids is 1. The van der Waals surface area contributed by atoms with Crippen molar-refractivity contribution in [2.24, 2.45) is 5.92 Å². The van der Waals surface area contributed by atoms with Crippen LogP contribution in [0.5, 0.6) is 0 Å². The van der Waals surface area contributed by atoms with Gasteiger partial charge in [0.1, 0.15) is 0 Å². The fourth-order valence-electron chi connectivity index (χ4n) is 2.91. The standard InChI is InChI=1S/C18H27NOS/c1-3-15(4-2)18(20)16-7-9-17(10-8-16)21-14-13-19-11-5-6-12-19/h7-10,15H,3-6,11-14H2,1-2H3. The highest BCUT2D eigenvalue weighted by Gasteiger charge is 2.16. The van der Waals surface area contributed by atoms with E-state index in [4.69, 9.17) is 0 Å². The summed E-state index contributed by atoms with van der Waals surface area (Å²) >= 11 is 1.89. The third-order valence-electron chi connectivity index (χ3n) is 4.37. The Labute approximate surface area is 133 Å². The van der Waals surface area contributed by atoms with Gasteiger partial charge in [-0.25, -0.2) is 0 Å². The summed E-state index contributed by atoms with van der Waals surface area (Å²) in [6.45, 7) is 7.90. The molecule has 3 heteroatoms. The predicted octanol–water partition coefficient (Wildman–Crippen LogP) is 4.49. The molecule has 0 N–H and O–H groups in total. The largest absolute Gasteiger partial charge is 0.303 e. The van der Waals surface area contributed by atoms with E-state index in [-0.39, 0.29) is 5.92 Å². The molecule has 21 heavy (non-hydrogen) atoms. The Kier molecular flexibility index (Phi) is 6.78. The van der Waals surface area contributed by atoms with Crippen LogP contribution in [0.15, 0.2) is 29.2 Å². The first-order chi connectivity index (χ1) is 10.2. The normalized spacial score (nSPS) is 15.8. The van der Waals surface area contributed by atoms with Crippen LogP contribution < -0.4 is 0 Å². The van der Waals surface area contributed by atoms with Gasteiger partial charge in [-0.1, -0.05) is 26.0 Å². The van der Waals surface area contributed by atoms with Crippen molar-refractivity contribution in [2.45, 2.75) is 44.4 Å². The molecule has 1 aliphatic heterocycles. The first-order valence-corrected chi connectivity index (χ1v) is 9.22. The number of benzene rings is 1. The Balaban J connectivity index is 1.82. The Morgan fingerprint density at radius 2 is 1.76 bits per heavy atom. The van der Waals surface area contributed by atoms with Gasteiger partial charge in [-0.2, -0.15) is 0 Å². The fraction of sp³-hybridized carbons (Fsp3) is 0.611. The average Bonchev–Trinajstić information content (AvgIpc) is 3.02. The molecular weight excluding hydrogens is 278 g/mol. The summed E-state index contributed by atoms with van der Waals surface area (Å²) in [5, 5.41) is 0. The summed E-state index contributed by atoms with van der Waals surface area (Å²) in [5.74, 6) is 1.62. The second-order valence-corrected chi connectivity index (χ2v) is 6.97. The van der Waals surface area contributed by atoms with Gasteiger partial charge < -0.3 is 4.90 Å². The van der Waals surface area contributed by atoms with E-state index >= 15 is 0 Å². The van der Waals surface area contributed by atoms with Crippen LogP contribution >= 0.6 is 11.8 Å². The zero-order valence-electron chi connectivity index (χ0n) is 13.3. The molecule has 1 saturated heterocycles. The molecular formula is C18H27NOS. The number of likely N-dealkylation sites (tertiary alicyclic amines) is 1. The molecule has 0 amide bonds. The van der Waals surface area contributed by atoms with Gasteiger partial charge in [0.15, 0.2) is 5.78 Å². The van der Waals surface area contributed by atoms with Crippen LogP contribution in [-0.4, -0.2) is 36.1 Å². The fourth-order valence-corrected chi connectivity index (χ4v) is 3.82. The summed E-state index contributed by atoms with van der Waals surface area (Å²) in [6.07, 6.45) is 4.58. The molecule has 116 valence electrons. The van der Waals surface area contributed by atoms with Crippen LogP contribution in [0.3, 0.4) is 0 Å². The van der Waals surface area contributed by atoms with Crippen LogP contribution in [0, 0.1) is 5.92 Å². The second kappa shape index (κ2) is 8.60. The van der Waals surface area contributed by atoms with Gasteiger partial charge in [0.05, 0.1) is 0 Å². The van der Waals surface area contributed by atoms with Crippen LogP contribution in [0.1, 0.15) is 49.9 Å². The minimum atomic E-state index is 0.179. The minimum absolute atomic E-state index is 0.179. The molecule has 0 spiro atoms. The van der Waals surface area contributed by atoms with E-state index in [0.717, 1.165) is 24.2 Å². The second-order valence-electron chi connectivity index (χ2n) is 5.80. The number of thioether (sulfide) groups is 1. The Morgan fingerprint density at radius 3 is 2.33 bits per heavy atom. The summed E-state index contributed by atoms with van der Waals surface area (Å²) in [4.78, 5) is 16.1. The summed E-state index contributed by atoms with van der Waals surface area (Å²) < 4.78 is 0. The monoisotopic (exact) mass is 305 g/mol. The lowest BCUT2D eigenvalue weighted by atomic mass is 9.93. The maximum atomic E-state index is 12.3. The van der Waals surface area contributed by atoms with E-state index in [1.165, 1.54) is 37.4 Å². The van der Waals surface area contributed by atoms with E-state index in [0.29, 0.717) is 5.78 Å². The number of nitrogens with zero attached hydrogens (tertiary/aromatic N) is 1. The molecule has 1 heterocycles. The molecule has 0 bridgehead atoms. The molecule has 0 atom stereocenters. The third-order valence-corrected chi connectivity index (χ3v) is 5.36. The molecule has 1 aliphatic rings. The summed E-state index contributed by atoms with van der Waals surface area (Å²) in [7, 11) is 0. The third kappa shape index (κ3) is 4.86. The van der Waals surface area contributed by atoms with Crippen LogP contribution in [-0.2, 0) is 0 Å². The highest BCUT2D eigenvalue weighted by Crippen LogP contribution is 2.22. The van der Waals surface area contributed by atoms with Gasteiger partial charge in [0, 0.05) is 28.7 Å². The topological polar surface area (TPSA) is 20.3 Å². The van der Waals surface area contributed by atoms with Gasteiger partial charge in [0.25, 0.3) is 0 Å². The maximum Gasteiger partial charge on any atom is 0.165 e. The van der Waals surface area contributed by atoms with Gasteiger partial charge >= 0.3 is 0 Å². The molecule has 2 nitrogen and oxygen atoms in total. The number of Topliss-reactive ketones (excluding diaryl/α,β-unsaturated/α-hetero) is 1. The van der Waals surface area contributed by atoms with Crippen molar-refractivity contribution < 1.29 is 4.79 Å². The van der Waals surface area contributed by atoms with Crippen LogP contribution in [0.25, 0.3) is 0 Å². The molecule has 0 saturated carbocycles. The molecule has 2 rings (SSSR count). The molecule has 1 aromatic carbocycles. The van der Waals surface area contributed by atoms with E-state index in [1.807, 2.05) is 23.9 Å². The van der Waals surface area contributed by atoms with Crippen LogP contribution in [0.4, 0.5) is 0 Å². The average molecular weight is 305 g/mol. The Hall–Kier alpha value is -0.800. The lowest BCUT2D eigenvalue weighted by Gasteiger charge is -2.14. The van der Waals surface area contributed by atoms with E-state index in [2.05, 4.69) is 30.9 Å². The van der Waals surface area contributed by atoms with Crippen molar-refractivity contribution in [2.75, 3.05) is 25.4 Å². The van der Waals surface area contributed by atoms with Gasteiger partial charge in [-0.05, 0) is 50.9 Å². The highest BCUT2D eigenvalue weighted by molar-refractivity contribution is 7.99. The maximum absolute atomic E-state index is 12.3. The van der Waals surface area contributed by atoms with Crippen molar-refractivity contribution in [3.8, 4) is 0 Å². The molecule has 0 aliphatic carbocycles. The number of rotatable bonds is 8. The molecule has 1 fully saturated rings. The number of ketones is 1. The number of carbonyl (C=O) groups is 1. The first-order valence-electron chi connectivity index (χ1n) is 8.24. The van der Waals surface area contributed by atoms with Crippen molar-refractivity contribution in [1.82, 2.24) is 4.90 Å². The smallest absolute Gasteiger partial charge is 0.165 e. The SMILES string of the molecule is CCC(CC)C(=O)c1ccc(SCCN2CCCC2)cc1. The van der Waals surface area contributed by atoms with Crippen molar-refractivity contribution >= 4 is 17.5 Å². The number of hydrogen-bond donors (Lipinski definition) is 0. The predicted molar refractivity (Wildman–Crippen MR) is 91.2 cm³/mol. The molecule has 0 radical (unpaired) electrons. The van der Waals surface area contributed by atoms with Crippen molar-refractivity contribution in [1.29, 1.82) is 0 Å². The van der Waals surface area contributed by atoms with Gasteiger partial charge in [0.2, 0.25) is 0 Å². The zero-order chi connectivity index (χ0) is 15.1. The first kappa shape index (κ1) is 16.6. The lowest BCUT2D eigenvalue weighted by molar-refractivity contribution is 0.0913.